The molecule has 12 heteroatoms. The van der Waals surface area contributed by atoms with Gasteiger partial charge < -0.3 is 20.9 Å². The first-order valence-electron chi connectivity index (χ1n) is 16.4. The molecule has 2 aromatic rings. The smallest absolute Gasteiger partial charge is 0.317 e. The van der Waals surface area contributed by atoms with E-state index in [1.54, 1.807) is 6.07 Å². The largest absolute Gasteiger partial charge is 0.384 e. The molecule has 1 saturated heterocycles. The number of anilines is 2. The van der Waals surface area contributed by atoms with Crippen LogP contribution in [0.4, 0.5) is 16.4 Å². The molecule has 256 valence electrons. The van der Waals surface area contributed by atoms with Gasteiger partial charge in [0.05, 0.1) is 11.3 Å². The van der Waals surface area contributed by atoms with Crippen LogP contribution >= 0.6 is 0 Å². The van der Waals surface area contributed by atoms with Crippen LogP contribution in [0.25, 0.3) is 5.57 Å². The second-order valence-electron chi connectivity index (χ2n) is 14.8. The minimum Gasteiger partial charge on any atom is -0.384 e. The minimum atomic E-state index is -4.32. The lowest BCUT2D eigenvalue weighted by atomic mass is 9.83. The maximum atomic E-state index is 14.0. The molecule has 0 aromatic carbocycles. The van der Waals surface area contributed by atoms with Gasteiger partial charge in [-0.2, -0.15) is 8.42 Å². The highest BCUT2D eigenvalue weighted by Crippen LogP contribution is 2.41. The van der Waals surface area contributed by atoms with E-state index >= 15 is 0 Å². The summed E-state index contributed by atoms with van der Waals surface area (Å²) in [7, 11) is -4.32. The van der Waals surface area contributed by atoms with Gasteiger partial charge in [0.2, 0.25) is 0 Å². The van der Waals surface area contributed by atoms with Gasteiger partial charge in [-0.15, -0.1) is 0 Å². The third-order valence-corrected chi connectivity index (χ3v) is 10.5. The van der Waals surface area contributed by atoms with E-state index in [1.807, 2.05) is 11.0 Å². The molecule has 5 rings (SSSR count). The number of nitrogens with two attached hydrogens (primary N) is 1. The second-order valence-corrected chi connectivity index (χ2v) is 16.4. The van der Waals surface area contributed by atoms with E-state index in [0.717, 1.165) is 48.9 Å². The van der Waals surface area contributed by atoms with Crippen molar-refractivity contribution in [3.63, 3.8) is 0 Å². The number of nitrogens with one attached hydrogen (secondary N) is 2. The van der Waals surface area contributed by atoms with Gasteiger partial charge in [-0.05, 0) is 69.2 Å². The van der Waals surface area contributed by atoms with Crippen molar-refractivity contribution in [1.82, 2.24) is 24.9 Å². The first-order chi connectivity index (χ1) is 21.5. The predicted octanol–water partition coefficient (Wildman–Crippen LogP) is 5.97. The molecule has 0 unspecified atom stereocenters. The van der Waals surface area contributed by atoms with Gasteiger partial charge in [0, 0.05) is 46.5 Å². The molecule has 0 bridgehead atoms. The Morgan fingerprint density at radius 3 is 2.41 bits per heavy atom. The lowest BCUT2D eigenvalue weighted by molar-refractivity contribution is 0.0981. The zero-order chi connectivity index (χ0) is 33.4. The number of hydrogen-bond donors (Lipinski definition) is 3. The Labute approximate surface area is 277 Å². The monoisotopic (exact) mass is 657 g/mol. The molecular formula is C34H55N7O4S. The number of carbonyl (C=O) groups excluding carboxylic acids is 2. The van der Waals surface area contributed by atoms with Gasteiger partial charge in [-0.3, -0.25) is 4.79 Å². The molecule has 1 aliphatic carbocycles. The van der Waals surface area contributed by atoms with Crippen LogP contribution in [0.2, 0.25) is 0 Å². The molecule has 0 radical (unpaired) electrons. The molecule has 0 spiro atoms. The average molecular weight is 658 g/mol. The quantitative estimate of drug-likeness (QED) is 0.344. The summed E-state index contributed by atoms with van der Waals surface area (Å²) in [6, 6.07) is 6.24. The summed E-state index contributed by atoms with van der Waals surface area (Å²) in [5.41, 5.74) is 7.82. The molecule has 3 aliphatic rings. The first kappa shape index (κ1) is 33.7. The number of hydrogen-bond acceptors (Lipinski definition) is 8. The van der Waals surface area contributed by atoms with Crippen molar-refractivity contribution in [1.29, 1.82) is 0 Å². The number of aromatic nitrogens is 2. The van der Waals surface area contributed by atoms with Crippen LogP contribution in [0.5, 0.6) is 0 Å². The van der Waals surface area contributed by atoms with E-state index in [-0.39, 0.29) is 43.7 Å². The Balaban J connectivity index is 0.00000278. The third kappa shape index (κ3) is 7.32. The van der Waals surface area contributed by atoms with Gasteiger partial charge in [-0.1, -0.05) is 59.1 Å². The summed E-state index contributed by atoms with van der Waals surface area (Å²) < 4.78 is 28.8. The Hall–Kier alpha value is -3.67. The molecular weight excluding hydrogens is 602 g/mol. The van der Waals surface area contributed by atoms with Crippen molar-refractivity contribution >= 4 is 39.2 Å². The van der Waals surface area contributed by atoms with Crippen molar-refractivity contribution in [3.05, 3.63) is 47.2 Å². The summed E-state index contributed by atoms with van der Waals surface area (Å²) in [6.45, 7) is 14.3. The molecule has 2 aliphatic heterocycles. The molecule has 2 aromatic heterocycles. The summed E-state index contributed by atoms with van der Waals surface area (Å²) in [5, 5.41) is 2.87. The van der Waals surface area contributed by atoms with Crippen LogP contribution in [0.15, 0.2) is 35.4 Å². The molecule has 4 N–H and O–H groups in total. The normalized spacial score (nSPS) is 20.7. The van der Waals surface area contributed by atoms with E-state index in [4.69, 9.17) is 10.7 Å². The summed E-state index contributed by atoms with van der Waals surface area (Å²) in [6.07, 6.45) is 9.08. The van der Waals surface area contributed by atoms with Crippen molar-refractivity contribution < 1.29 is 22.3 Å². The fourth-order valence-corrected chi connectivity index (χ4v) is 8.02. The van der Waals surface area contributed by atoms with Crippen LogP contribution < -0.4 is 20.7 Å². The van der Waals surface area contributed by atoms with Crippen LogP contribution in [-0.4, -0.2) is 66.4 Å². The van der Waals surface area contributed by atoms with Crippen molar-refractivity contribution in [2.75, 3.05) is 30.3 Å². The zero-order valence-electron chi connectivity index (χ0n) is 28.0. The van der Waals surface area contributed by atoms with Gasteiger partial charge in [0.15, 0.2) is 5.03 Å². The molecule has 4 heterocycles. The number of nitrogens with zero attached hydrogens (tertiary/aromatic N) is 4. The standard InChI is InChI=1S/C34H49N7O4S.3H2/c1-22-20-34(5,6)41(21-22)30-26(31(42)39-46(44,45)28-14-10-13-27(35)37-28)19-25(29(38-30)33(2,3)4)23-15-17-40(18-16-23)32(43)36-24-11-8-7-9-12-24;;;/h10,13-15,19,22,24H,7-9,11-12,16-18,20-21H2,1-6H3,(H2,35,37)(H,36,43)(H,39,42);3*1H/t22-;;;/m0.../s1. The van der Waals surface area contributed by atoms with Crippen LogP contribution in [0.1, 0.15) is 112 Å². The summed E-state index contributed by atoms with van der Waals surface area (Å²) in [5.74, 6) is 0.0698. The summed E-state index contributed by atoms with van der Waals surface area (Å²) in [4.78, 5) is 40.2. The second kappa shape index (κ2) is 12.8. The highest BCUT2D eigenvalue weighted by molar-refractivity contribution is 7.90. The SMILES string of the molecule is C[C@@H]1CN(c2nc(C(C)(C)C)c(C3=CCN(C(=O)NC4CCCCC4)CC3)cc2C(=O)NS(=O)(=O)c2cccc(N)n2)C(C)(C)C1.[HH].[HH].[HH]. The van der Waals surface area contributed by atoms with Gasteiger partial charge in [0.1, 0.15) is 11.6 Å². The predicted molar refractivity (Wildman–Crippen MR) is 187 cm³/mol. The molecule has 1 saturated carbocycles. The fraction of sp³-hybridized carbons (Fsp3) is 0.588. The third-order valence-electron chi connectivity index (χ3n) is 9.31. The minimum absolute atomic E-state index is 0. The molecule has 2 fully saturated rings. The first-order valence-corrected chi connectivity index (χ1v) is 17.9. The fourth-order valence-electron chi connectivity index (χ4n) is 7.07. The van der Waals surface area contributed by atoms with Crippen molar-refractivity contribution in [2.24, 2.45) is 5.92 Å². The van der Waals surface area contributed by atoms with E-state index in [9.17, 15) is 18.0 Å². The number of sulfonamides is 1. The maximum Gasteiger partial charge on any atom is 0.317 e. The number of amides is 3. The van der Waals surface area contributed by atoms with E-state index in [0.29, 0.717) is 37.8 Å². The maximum absolute atomic E-state index is 14.0. The van der Waals surface area contributed by atoms with Gasteiger partial charge >= 0.3 is 6.03 Å². The number of nitrogen functional groups attached to an aromatic ring is 1. The number of carbonyl (C=O) groups is 2. The molecule has 46 heavy (non-hydrogen) atoms. The van der Waals surface area contributed by atoms with E-state index < -0.39 is 15.9 Å². The van der Waals surface area contributed by atoms with Gasteiger partial charge in [0.25, 0.3) is 15.9 Å². The zero-order valence-corrected chi connectivity index (χ0v) is 28.8. The average Bonchev–Trinajstić information content (AvgIpc) is 3.27. The Bertz CT molecular complexity index is 1640. The van der Waals surface area contributed by atoms with E-state index in [2.05, 4.69) is 61.5 Å². The van der Waals surface area contributed by atoms with Gasteiger partial charge in [-0.25, -0.2) is 19.5 Å². The molecule has 3 amide bonds. The molecule has 11 nitrogen and oxygen atoms in total. The van der Waals surface area contributed by atoms with Crippen LogP contribution in [0, 0.1) is 5.92 Å². The lowest BCUT2D eigenvalue weighted by Crippen LogP contribution is -2.46. The number of pyridine rings is 2. The number of urea groups is 1. The Kier molecular flexibility index (Phi) is 9.41. The highest BCUT2D eigenvalue weighted by Gasteiger charge is 2.40. The summed E-state index contributed by atoms with van der Waals surface area (Å²) >= 11 is 0. The van der Waals surface area contributed by atoms with Crippen molar-refractivity contribution in [2.45, 2.75) is 109 Å². The lowest BCUT2D eigenvalue weighted by Gasteiger charge is -2.36. The van der Waals surface area contributed by atoms with Crippen LogP contribution in [-0.2, 0) is 15.4 Å². The topological polar surface area (TPSA) is 151 Å². The Morgan fingerprint density at radius 2 is 1.83 bits per heavy atom. The van der Waals surface area contributed by atoms with Crippen molar-refractivity contribution in [3.8, 4) is 0 Å². The van der Waals surface area contributed by atoms with Crippen LogP contribution in [0.3, 0.4) is 0 Å². The number of rotatable bonds is 6. The van der Waals surface area contributed by atoms with E-state index in [1.165, 1.54) is 24.6 Å². The Morgan fingerprint density at radius 1 is 1.11 bits per heavy atom. The molecule has 1 atom stereocenters. The highest BCUT2D eigenvalue weighted by atomic mass is 32.2.